The normalized spacial score (nSPS) is 15.3. The van der Waals surface area contributed by atoms with Gasteiger partial charge < -0.3 is 0 Å². The van der Waals surface area contributed by atoms with Crippen LogP contribution in [0.25, 0.3) is 41.8 Å². The Bertz CT molecular complexity index is 3800. The fraction of sp³-hybridized carbons (Fsp3) is 0.0323. The Labute approximate surface area is 439 Å². The zero-order valence-corrected chi connectivity index (χ0v) is 43.2. The van der Waals surface area contributed by atoms with Crippen LogP contribution in [0.4, 0.5) is 0 Å². The average molecular weight is 1030 g/mol. The van der Waals surface area contributed by atoms with Gasteiger partial charge in [0.15, 0.2) is 0 Å². The van der Waals surface area contributed by atoms with E-state index in [4.69, 9.17) is 19.0 Å². The molecular weight excluding hydrogens is 992 g/mol. The molecule has 0 unspecified atom stereocenters. The molecule has 4 aliphatic rings. The minimum absolute atomic E-state index is 0.275. The molecule has 6 bridgehead atoms. The number of aromatic nitrogens is 2. The number of hydrogen-bond donors (Lipinski definition) is 0. The number of allylic oxidation sites excluding steroid dienone is 4. The second kappa shape index (κ2) is 18.6. The number of benzene rings is 4. The van der Waals surface area contributed by atoms with E-state index in [0.29, 0.717) is 0 Å². The van der Waals surface area contributed by atoms with E-state index in [1.165, 1.54) is 19.5 Å². The van der Waals surface area contributed by atoms with E-state index < -0.39 is 8.02 Å². The highest BCUT2D eigenvalue weighted by Gasteiger charge is 2.55. The Balaban J connectivity index is 1.18. The highest BCUT2D eigenvalue weighted by Crippen LogP contribution is 2.67. The van der Waals surface area contributed by atoms with Crippen molar-refractivity contribution in [3.63, 3.8) is 0 Å². The van der Waals surface area contributed by atoms with E-state index >= 15 is 0 Å². The molecule has 10 aromatic rings. The Morgan fingerprint density at radius 2 is 0.781 bits per heavy atom. The molecule has 4 aromatic carbocycles. The lowest BCUT2D eigenvalue weighted by Gasteiger charge is -2.30. The highest BCUT2D eigenvalue weighted by molar-refractivity contribution is 7.63. The number of aliphatic imine (C=N–C) groups is 2. The lowest BCUT2D eigenvalue weighted by atomic mass is 10.0. The van der Waals surface area contributed by atoms with Gasteiger partial charge in [0.2, 0.25) is 0 Å². The second-order valence-corrected chi connectivity index (χ2v) is 24.3. The molecule has 0 spiro atoms. The molecule has 350 valence electrons. The van der Waals surface area contributed by atoms with E-state index in [0.717, 1.165) is 99.2 Å². The van der Waals surface area contributed by atoms with Gasteiger partial charge in [-0.15, -0.1) is 54.0 Å². The third-order valence-corrected chi connectivity index (χ3v) is 20.4. The predicted molar refractivity (Wildman–Crippen MR) is 307 cm³/mol. The molecule has 14 rings (SSSR count). The summed E-state index contributed by atoms with van der Waals surface area (Å²) in [6.07, 6.45) is 8.72. The van der Waals surface area contributed by atoms with Crippen LogP contribution in [0.2, 0.25) is 0 Å². The molecule has 0 saturated carbocycles. The van der Waals surface area contributed by atoms with Crippen LogP contribution >= 0.6 is 53.4 Å². The predicted octanol–water partition coefficient (Wildman–Crippen LogP) is 15.3. The van der Waals surface area contributed by atoms with Crippen molar-refractivity contribution < 1.29 is 9.05 Å². The molecule has 6 aromatic heterocycles. The van der Waals surface area contributed by atoms with E-state index in [-0.39, 0.29) is 13.2 Å². The maximum absolute atomic E-state index is 8.20. The molecule has 6 nitrogen and oxygen atoms in total. The first-order valence-corrected chi connectivity index (χ1v) is 29.0. The van der Waals surface area contributed by atoms with Gasteiger partial charge in [-0.3, -0.25) is 0 Å². The van der Waals surface area contributed by atoms with Crippen LogP contribution in [-0.2, 0) is 22.3 Å². The van der Waals surface area contributed by atoms with Crippen LogP contribution in [0, 0.1) is 0 Å². The smallest absolute Gasteiger partial charge is 0.248 e. The summed E-state index contributed by atoms with van der Waals surface area (Å²) in [5, 5.41) is 6.12. The fourth-order valence-corrected chi connectivity index (χ4v) is 17.0. The van der Waals surface area contributed by atoms with Crippen LogP contribution in [0.15, 0.2) is 251 Å². The fourth-order valence-electron chi connectivity index (χ4n) is 10.2. The molecule has 0 atom stereocenters. The van der Waals surface area contributed by atoms with Crippen LogP contribution in [0.3, 0.4) is 0 Å². The summed E-state index contributed by atoms with van der Waals surface area (Å²) in [6, 6.07) is 69.2. The summed E-state index contributed by atoms with van der Waals surface area (Å²) < 4.78 is 21.3. The van der Waals surface area contributed by atoms with E-state index in [2.05, 4.69) is 238 Å². The molecule has 73 heavy (non-hydrogen) atoms. The van der Waals surface area contributed by atoms with Crippen molar-refractivity contribution in [1.82, 2.24) is 8.68 Å². The van der Waals surface area contributed by atoms with E-state index in [1.54, 1.807) is 45.3 Å². The van der Waals surface area contributed by atoms with Crippen LogP contribution in [0.5, 0.6) is 0 Å². The van der Waals surface area contributed by atoms with Gasteiger partial charge >= 0.3 is 8.02 Å². The summed E-state index contributed by atoms with van der Waals surface area (Å²) in [5.41, 5.74) is 13.3. The van der Waals surface area contributed by atoms with Gasteiger partial charge in [-0.1, -0.05) is 133 Å². The Morgan fingerprint density at radius 3 is 1.18 bits per heavy atom. The van der Waals surface area contributed by atoms with Gasteiger partial charge in [0, 0.05) is 51.6 Å². The van der Waals surface area contributed by atoms with Crippen LogP contribution in [-0.4, -0.2) is 20.1 Å². The average Bonchev–Trinajstić information content (AvgIpc) is 4.29. The molecule has 10 heterocycles. The first-order chi connectivity index (χ1) is 36.2. The Kier molecular flexibility index (Phi) is 11.3. The standard InChI is InChI=1S/C62H42N4O2PS4/c1-5-15-41(16-6-1)59-47-27-28-48(63-47)60(42-17-7-2-8-18-42)53-33-34-54-62(44-21-11-4-12-22-44)50-30-29-49(64-50)61(43-19-9-3-10-20-43)52-32-31-51(59)65(52)69(66(53)54,67-39-45-25-35-57(72-45)55-23-13-37-70-55)68-40-46-26-36-58(73-46)56-24-14-38-71-56/h1-38H,39-40H2/q+1. The monoisotopic (exact) mass is 1030 g/mol. The first kappa shape index (κ1) is 44.3. The largest absolute Gasteiger partial charge is 0.498 e. The maximum atomic E-state index is 8.20. The summed E-state index contributed by atoms with van der Waals surface area (Å²) in [5.74, 6) is 0. The van der Waals surface area contributed by atoms with Crippen molar-refractivity contribution >= 4 is 87.1 Å². The molecule has 0 radical (unpaired) electrons. The third-order valence-electron chi connectivity index (χ3n) is 13.4. The number of rotatable bonds is 12. The van der Waals surface area contributed by atoms with Gasteiger partial charge in [-0.25, -0.2) is 9.98 Å². The minimum Gasteiger partial charge on any atom is -0.248 e. The SMILES string of the molecule is C1=CC2=C(c3ccccc3)c3ccc4n3[P+](OCc3ccc(-c5cccs5)s3)(OCc3ccc(-c5cccs5)s3)n3c(ccc3=C(c3ccccc3)C3=NC(=C4c4ccccc4)C=C3)=C(c3ccccc3)C1=N2. The zero-order chi connectivity index (χ0) is 48.3. The molecule has 0 aliphatic carbocycles. The number of hydrogen-bond acceptors (Lipinski definition) is 8. The molecular formula is C62H42N4O2PS4+. The van der Waals surface area contributed by atoms with E-state index in [1.807, 2.05) is 0 Å². The van der Waals surface area contributed by atoms with Gasteiger partial charge in [0.1, 0.15) is 13.2 Å². The van der Waals surface area contributed by atoms with Gasteiger partial charge in [0.25, 0.3) is 0 Å². The van der Waals surface area contributed by atoms with Gasteiger partial charge in [-0.2, -0.15) is 9.05 Å². The quantitative estimate of drug-likeness (QED) is 0.115. The van der Waals surface area contributed by atoms with Crippen molar-refractivity contribution in [2.75, 3.05) is 0 Å². The van der Waals surface area contributed by atoms with Crippen molar-refractivity contribution in [3.05, 3.63) is 295 Å². The van der Waals surface area contributed by atoms with Gasteiger partial charge in [0.05, 0.1) is 44.9 Å². The summed E-state index contributed by atoms with van der Waals surface area (Å²) in [6.45, 7) is 0.550. The Morgan fingerprint density at radius 1 is 0.370 bits per heavy atom. The lowest BCUT2D eigenvalue weighted by Crippen LogP contribution is -2.38. The topological polar surface area (TPSA) is 53.0 Å². The summed E-state index contributed by atoms with van der Waals surface area (Å²) in [4.78, 5) is 18.4. The summed E-state index contributed by atoms with van der Waals surface area (Å²) >= 11 is 7.05. The van der Waals surface area contributed by atoms with Crippen molar-refractivity contribution in [2.45, 2.75) is 13.2 Å². The van der Waals surface area contributed by atoms with Crippen molar-refractivity contribution in [1.29, 1.82) is 0 Å². The molecule has 0 N–H and O–H groups in total. The summed E-state index contributed by atoms with van der Waals surface area (Å²) in [7, 11) is -3.82. The Hall–Kier alpha value is -7.37. The van der Waals surface area contributed by atoms with Crippen molar-refractivity contribution in [3.8, 4) is 19.5 Å². The highest BCUT2D eigenvalue weighted by atomic mass is 32.1. The number of fused-ring (bicyclic) bond motifs is 2. The number of nitrogens with zero attached hydrogens (tertiary/aromatic N) is 4. The molecule has 0 amide bonds. The first-order valence-electron chi connectivity index (χ1n) is 24.1. The number of thiophene rings is 4. The molecule has 0 fully saturated rings. The van der Waals surface area contributed by atoms with Crippen LogP contribution < -0.4 is 10.7 Å². The second-order valence-electron chi connectivity index (χ2n) is 17.8. The zero-order valence-electron chi connectivity index (χ0n) is 39.0. The molecule has 4 aliphatic heterocycles. The maximum Gasteiger partial charge on any atom is 0.498 e. The van der Waals surface area contributed by atoms with Crippen molar-refractivity contribution in [2.24, 2.45) is 9.98 Å². The van der Waals surface area contributed by atoms with E-state index in [9.17, 15) is 0 Å². The molecule has 0 saturated heterocycles. The lowest BCUT2D eigenvalue weighted by molar-refractivity contribution is 0.203. The van der Waals surface area contributed by atoms with Gasteiger partial charge in [-0.05, 0) is 118 Å². The molecule has 11 heteroatoms. The van der Waals surface area contributed by atoms with Crippen LogP contribution in [0.1, 0.15) is 43.4 Å². The minimum atomic E-state index is -3.82. The third kappa shape index (κ3) is 7.77.